The first-order valence-corrected chi connectivity index (χ1v) is 7.98. The summed E-state index contributed by atoms with van der Waals surface area (Å²) in [5.74, 6) is -0.919. The van der Waals surface area contributed by atoms with Gasteiger partial charge in [0.15, 0.2) is 0 Å². The predicted octanol–water partition coefficient (Wildman–Crippen LogP) is -0.319. The Morgan fingerprint density at radius 3 is 1.87 bits per heavy atom. The second-order valence-electron chi connectivity index (χ2n) is 4.25. The van der Waals surface area contributed by atoms with Gasteiger partial charge in [-0.25, -0.2) is 16.8 Å². The molecule has 0 unspecified atom stereocenters. The molecule has 0 amide bonds. The van der Waals surface area contributed by atoms with Crippen molar-refractivity contribution in [1.82, 2.24) is 4.89 Å². The summed E-state index contributed by atoms with van der Waals surface area (Å²) in [6.45, 7) is 5.02. The Balaban J connectivity index is 4.23. The molecule has 0 bridgehead atoms. The lowest BCUT2D eigenvalue weighted by molar-refractivity contribution is -0.0356. The van der Waals surface area contributed by atoms with E-state index < -0.39 is 37.0 Å². The first kappa shape index (κ1) is 14.8. The highest BCUT2D eigenvalue weighted by Crippen LogP contribution is 2.04. The zero-order chi connectivity index (χ0) is 12.3. The maximum Gasteiger partial charge on any atom is 0.234 e. The van der Waals surface area contributed by atoms with E-state index in [9.17, 15) is 16.8 Å². The van der Waals surface area contributed by atoms with Gasteiger partial charge in [-0.1, -0.05) is 4.89 Å². The van der Waals surface area contributed by atoms with E-state index in [0.717, 1.165) is 6.26 Å². The fourth-order valence-corrected chi connectivity index (χ4v) is 3.04. The van der Waals surface area contributed by atoms with Crippen LogP contribution in [0, 0.1) is 0 Å². The molecule has 15 heavy (non-hydrogen) atoms. The highest BCUT2D eigenvalue weighted by atomic mass is 32.2. The lowest BCUT2D eigenvalue weighted by Gasteiger charge is -2.18. The van der Waals surface area contributed by atoms with E-state index in [-0.39, 0.29) is 0 Å². The van der Waals surface area contributed by atoms with E-state index in [1.165, 1.54) is 0 Å². The van der Waals surface area contributed by atoms with E-state index in [1.807, 2.05) is 4.89 Å². The normalized spacial score (nSPS) is 14.1. The summed E-state index contributed by atoms with van der Waals surface area (Å²) in [4.78, 5) is 6.71. The van der Waals surface area contributed by atoms with Crippen LogP contribution in [0.1, 0.15) is 20.8 Å². The van der Waals surface area contributed by atoms with Crippen molar-refractivity contribution in [3.8, 4) is 0 Å². The quantitative estimate of drug-likeness (QED) is 0.683. The van der Waals surface area contributed by atoms with Crippen molar-refractivity contribution in [2.75, 3.05) is 17.8 Å². The molecular weight excluding hydrogens is 242 g/mol. The molecule has 0 saturated carbocycles. The smallest absolute Gasteiger partial charge is 0.234 e. The molecule has 0 saturated heterocycles. The molecule has 0 aromatic carbocycles. The molecular formula is C7H17NO5S2. The first-order chi connectivity index (χ1) is 6.41. The first-order valence-electron chi connectivity index (χ1n) is 4.26. The Hall–Kier alpha value is -0.180. The van der Waals surface area contributed by atoms with Crippen LogP contribution in [-0.2, 0) is 24.7 Å². The van der Waals surface area contributed by atoms with Crippen LogP contribution < -0.4 is 4.89 Å². The zero-order valence-electron chi connectivity index (χ0n) is 9.27. The van der Waals surface area contributed by atoms with E-state index >= 15 is 0 Å². The summed E-state index contributed by atoms with van der Waals surface area (Å²) in [6, 6.07) is 0. The van der Waals surface area contributed by atoms with Crippen molar-refractivity contribution in [2.24, 2.45) is 0 Å². The van der Waals surface area contributed by atoms with Gasteiger partial charge >= 0.3 is 0 Å². The highest BCUT2D eigenvalue weighted by Gasteiger charge is 2.18. The molecule has 0 atom stereocenters. The van der Waals surface area contributed by atoms with Crippen LogP contribution in [-0.4, -0.2) is 40.2 Å². The van der Waals surface area contributed by atoms with Crippen molar-refractivity contribution in [2.45, 2.75) is 26.4 Å². The summed E-state index contributed by atoms with van der Waals surface area (Å²) >= 11 is 0. The van der Waals surface area contributed by atoms with Crippen molar-refractivity contribution in [3.05, 3.63) is 0 Å². The Labute approximate surface area is 90.9 Å². The molecule has 0 aliphatic rings. The topological polar surface area (TPSA) is 89.5 Å². The maximum absolute atomic E-state index is 11.2. The maximum atomic E-state index is 11.2. The van der Waals surface area contributed by atoms with Crippen molar-refractivity contribution in [3.63, 3.8) is 0 Å². The number of sulfone groups is 1. The molecule has 0 radical (unpaired) electrons. The lowest BCUT2D eigenvalue weighted by Crippen LogP contribution is -2.36. The summed E-state index contributed by atoms with van der Waals surface area (Å²) < 4.78 is 43.9. The minimum Gasteiger partial charge on any atom is -0.281 e. The Morgan fingerprint density at radius 1 is 1.07 bits per heavy atom. The number of hydrogen-bond acceptors (Lipinski definition) is 5. The zero-order valence-corrected chi connectivity index (χ0v) is 10.9. The van der Waals surface area contributed by atoms with Gasteiger partial charge in [0.1, 0.15) is 9.84 Å². The molecule has 0 rings (SSSR count). The third kappa shape index (κ3) is 10.1. The van der Waals surface area contributed by atoms with Gasteiger partial charge in [0, 0.05) is 6.26 Å². The fraction of sp³-hybridized carbons (Fsp3) is 1.00. The van der Waals surface area contributed by atoms with E-state index in [0.29, 0.717) is 0 Å². The minimum atomic E-state index is -3.70. The lowest BCUT2D eigenvalue weighted by atomic mass is 10.2. The van der Waals surface area contributed by atoms with Gasteiger partial charge in [-0.15, -0.1) is 0 Å². The van der Waals surface area contributed by atoms with Crippen molar-refractivity contribution in [1.29, 1.82) is 0 Å². The Bertz CT molecular complexity index is 390. The molecule has 8 heteroatoms. The van der Waals surface area contributed by atoms with Gasteiger partial charge in [-0.05, 0) is 20.8 Å². The van der Waals surface area contributed by atoms with Gasteiger partial charge in [-0.2, -0.15) is 0 Å². The molecule has 0 spiro atoms. The van der Waals surface area contributed by atoms with Gasteiger partial charge < -0.3 is 0 Å². The van der Waals surface area contributed by atoms with Crippen LogP contribution in [0.2, 0.25) is 0 Å². The molecule has 0 heterocycles. The molecule has 1 N–H and O–H groups in total. The average Bonchev–Trinajstić information content (AvgIpc) is 1.96. The monoisotopic (exact) mass is 259 g/mol. The summed E-state index contributed by atoms with van der Waals surface area (Å²) in [5, 5.41) is 0. The van der Waals surface area contributed by atoms with Gasteiger partial charge in [0.05, 0.1) is 17.1 Å². The van der Waals surface area contributed by atoms with Gasteiger partial charge in [-0.3, -0.25) is 4.84 Å². The van der Waals surface area contributed by atoms with Crippen LogP contribution in [0.3, 0.4) is 0 Å². The number of rotatable bonds is 5. The van der Waals surface area contributed by atoms with Crippen LogP contribution in [0.5, 0.6) is 0 Å². The molecule has 0 fully saturated rings. The fourth-order valence-electron chi connectivity index (χ4n) is 0.491. The third-order valence-electron chi connectivity index (χ3n) is 1.20. The number of hydrogen-bond donors (Lipinski definition) is 1. The number of sulfonamides is 1. The molecule has 0 aromatic heterocycles. The SMILES string of the molecule is CC(C)(C)ONS(=O)(=O)CCS(C)(=O)=O. The van der Waals surface area contributed by atoms with Crippen LogP contribution in [0.15, 0.2) is 0 Å². The van der Waals surface area contributed by atoms with Crippen molar-refractivity contribution >= 4 is 19.9 Å². The van der Waals surface area contributed by atoms with E-state index in [4.69, 9.17) is 4.84 Å². The second-order valence-corrected chi connectivity index (χ2v) is 8.31. The molecule has 6 nitrogen and oxygen atoms in total. The second kappa shape index (κ2) is 4.77. The largest absolute Gasteiger partial charge is 0.281 e. The van der Waals surface area contributed by atoms with E-state index in [2.05, 4.69) is 0 Å². The van der Waals surface area contributed by atoms with Crippen molar-refractivity contribution < 1.29 is 21.7 Å². The third-order valence-corrected chi connectivity index (χ3v) is 3.48. The Kier molecular flexibility index (Phi) is 4.71. The standard InChI is InChI=1S/C7H17NO5S2/c1-7(2,3)13-8-15(11,12)6-5-14(4,9)10/h8H,5-6H2,1-4H3. The molecule has 0 aliphatic heterocycles. The Morgan fingerprint density at radius 2 is 1.53 bits per heavy atom. The van der Waals surface area contributed by atoms with Gasteiger partial charge in [0.2, 0.25) is 10.0 Å². The average molecular weight is 259 g/mol. The highest BCUT2D eigenvalue weighted by molar-refractivity contribution is 7.93. The summed E-state index contributed by atoms with van der Waals surface area (Å²) in [6.07, 6.45) is 0.979. The van der Waals surface area contributed by atoms with Crippen LogP contribution >= 0.6 is 0 Å². The molecule has 0 aliphatic carbocycles. The van der Waals surface area contributed by atoms with Crippen LogP contribution in [0.4, 0.5) is 0 Å². The molecule has 0 aromatic rings. The minimum absolute atomic E-state index is 0.421. The van der Waals surface area contributed by atoms with Crippen LogP contribution in [0.25, 0.3) is 0 Å². The predicted molar refractivity (Wildman–Crippen MR) is 57.5 cm³/mol. The van der Waals surface area contributed by atoms with Gasteiger partial charge in [0.25, 0.3) is 0 Å². The molecule has 92 valence electrons. The van der Waals surface area contributed by atoms with E-state index in [1.54, 1.807) is 20.8 Å². The summed E-state index contributed by atoms with van der Waals surface area (Å²) in [7, 11) is -6.99. The number of nitrogens with one attached hydrogen (secondary N) is 1. The summed E-state index contributed by atoms with van der Waals surface area (Å²) in [5.41, 5.74) is -0.655.